The largest absolute Gasteiger partial charge is 0.208 e. The lowest BCUT2D eigenvalue weighted by Crippen LogP contribution is -2.00. The Balaban J connectivity index is 0.575. The van der Waals surface area contributed by atoms with E-state index in [0.29, 0.717) is 34.9 Å². The van der Waals surface area contributed by atoms with Crippen LogP contribution in [0.25, 0.3) is 249 Å². The number of hydrogen-bond acceptors (Lipinski definition) is 10. The van der Waals surface area contributed by atoms with Gasteiger partial charge in [-0.25, -0.2) is 29.9 Å². The number of aromatic nitrogens is 6. The van der Waals surface area contributed by atoms with Crippen molar-refractivity contribution in [3.63, 3.8) is 0 Å². The third-order valence-electron chi connectivity index (χ3n) is 24.0. The molecule has 0 aliphatic carbocycles. The van der Waals surface area contributed by atoms with Gasteiger partial charge in [-0.2, -0.15) is 0 Å². The predicted molar refractivity (Wildman–Crippen MR) is 526 cm³/mol. The van der Waals surface area contributed by atoms with Crippen LogP contribution in [0.1, 0.15) is 0 Å². The summed E-state index contributed by atoms with van der Waals surface area (Å²) in [6, 6.07) is 149. The maximum Gasteiger partial charge on any atom is 0.164 e. The van der Waals surface area contributed by atoms with E-state index < -0.39 is 0 Å². The van der Waals surface area contributed by atoms with Crippen molar-refractivity contribution >= 4 is 126 Å². The molecule has 0 N–H and O–H groups in total. The SMILES string of the molecule is c1ccc(-c2cccc(-c3ccc(-c4nc(-c5ccccc5)nc(-c5cc(-c6cccc7c6sc6ccccc67)cc(-c6cccc7c6sc6cc(-c8ccccc8-c8cccc(-c9ccc(-c%10nc(-c%11ccccc%11)nc(-c%11cc(-c%12ccc%13sc%14ccccc%14c%13c%12)cc(-c%12ccc%13sc%14ccccc%14c%13c%12)c%11)n%10)cc9)c8)ccc67)c5)n4)cc3)c2)cc1. The number of thiophene rings is 4. The Hall–Kier alpha value is -15.1. The smallest absolute Gasteiger partial charge is 0.164 e. The van der Waals surface area contributed by atoms with Crippen LogP contribution in [0, 0.1) is 0 Å². The molecule has 0 atom stereocenters. The summed E-state index contributed by atoms with van der Waals surface area (Å²) < 4.78 is 10.0. The van der Waals surface area contributed by atoms with Crippen LogP contribution < -0.4 is 0 Å². The number of benzene rings is 18. The van der Waals surface area contributed by atoms with Gasteiger partial charge in [-0.15, -0.1) is 45.3 Å². The fraction of sp³-hybridized carbons (Fsp3) is 0. The van der Waals surface area contributed by atoms with E-state index in [0.717, 1.165) is 122 Å². The topological polar surface area (TPSA) is 77.3 Å². The summed E-state index contributed by atoms with van der Waals surface area (Å²) in [7, 11) is 0. The molecular weight excluding hydrogens is 1580 g/mol. The fourth-order valence-corrected chi connectivity index (χ4v) is 22.5. The molecule has 0 radical (unpaired) electrons. The highest BCUT2D eigenvalue weighted by Gasteiger charge is 2.23. The monoisotopic (exact) mass is 1650 g/mol. The second-order valence-electron chi connectivity index (χ2n) is 31.6. The van der Waals surface area contributed by atoms with Crippen LogP contribution >= 0.6 is 45.3 Å². The van der Waals surface area contributed by atoms with Gasteiger partial charge in [0.05, 0.1) is 0 Å². The van der Waals surface area contributed by atoms with Gasteiger partial charge in [0.2, 0.25) is 0 Å². The summed E-state index contributed by atoms with van der Waals surface area (Å²) in [5.41, 5.74) is 25.7. The summed E-state index contributed by atoms with van der Waals surface area (Å²) in [5, 5.41) is 9.96. The number of rotatable bonds is 15. The lowest BCUT2D eigenvalue weighted by Gasteiger charge is -2.14. The molecular formula is C114H68N6S4. The van der Waals surface area contributed by atoms with E-state index in [1.807, 2.05) is 81.7 Å². The lowest BCUT2D eigenvalue weighted by molar-refractivity contribution is 1.07. The van der Waals surface area contributed by atoms with Gasteiger partial charge in [0, 0.05) is 114 Å². The molecule has 0 aliphatic rings. The van der Waals surface area contributed by atoms with Crippen molar-refractivity contribution in [2.75, 3.05) is 0 Å². The number of fused-ring (bicyclic) bond motifs is 12. The van der Waals surface area contributed by atoms with Crippen LogP contribution in [-0.2, 0) is 0 Å². The quantitative estimate of drug-likeness (QED) is 0.102. The summed E-state index contributed by atoms with van der Waals surface area (Å²) in [6.07, 6.45) is 0. The van der Waals surface area contributed by atoms with Crippen LogP contribution in [0.5, 0.6) is 0 Å². The predicted octanol–water partition coefficient (Wildman–Crippen LogP) is 32.5. The second-order valence-corrected chi connectivity index (χ2v) is 35.8. The van der Waals surface area contributed by atoms with E-state index in [4.69, 9.17) is 29.9 Å². The molecule has 24 aromatic rings. The summed E-state index contributed by atoms with van der Waals surface area (Å²) >= 11 is 7.37. The third-order valence-corrected chi connectivity index (χ3v) is 28.7. The molecule has 0 saturated carbocycles. The van der Waals surface area contributed by atoms with Gasteiger partial charge in [-0.1, -0.05) is 315 Å². The highest BCUT2D eigenvalue weighted by atomic mass is 32.1. The molecule has 578 valence electrons. The molecule has 6 aromatic heterocycles. The minimum absolute atomic E-state index is 0.594. The first kappa shape index (κ1) is 72.8. The van der Waals surface area contributed by atoms with E-state index in [1.165, 1.54) is 91.8 Å². The van der Waals surface area contributed by atoms with Gasteiger partial charge in [-0.3, -0.25) is 0 Å². The molecule has 10 heteroatoms. The van der Waals surface area contributed by atoms with E-state index in [9.17, 15) is 0 Å². The van der Waals surface area contributed by atoms with Crippen molar-refractivity contribution in [2.45, 2.75) is 0 Å². The van der Waals surface area contributed by atoms with Gasteiger partial charge >= 0.3 is 0 Å². The minimum Gasteiger partial charge on any atom is -0.208 e. The maximum atomic E-state index is 5.45. The van der Waals surface area contributed by atoms with Gasteiger partial charge in [0.15, 0.2) is 34.9 Å². The Bertz CT molecular complexity index is 8230. The van der Waals surface area contributed by atoms with Crippen molar-refractivity contribution in [2.24, 2.45) is 0 Å². The van der Waals surface area contributed by atoms with Gasteiger partial charge in [0.1, 0.15) is 0 Å². The molecule has 0 fully saturated rings. The number of nitrogens with zero attached hydrogens (tertiary/aromatic N) is 6. The minimum atomic E-state index is 0.594. The molecule has 24 rings (SSSR count). The van der Waals surface area contributed by atoms with Gasteiger partial charge in [0.25, 0.3) is 0 Å². The molecule has 18 aromatic carbocycles. The summed E-state index contributed by atoms with van der Waals surface area (Å²) in [4.78, 5) is 32.2. The summed E-state index contributed by atoms with van der Waals surface area (Å²) in [5.74, 6) is 3.60. The first-order valence-corrected chi connectivity index (χ1v) is 44.8. The van der Waals surface area contributed by atoms with Crippen LogP contribution in [-0.4, -0.2) is 29.9 Å². The van der Waals surface area contributed by atoms with Gasteiger partial charge < -0.3 is 0 Å². The molecule has 6 heterocycles. The van der Waals surface area contributed by atoms with Crippen LogP contribution in [0.3, 0.4) is 0 Å². The van der Waals surface area contributed by atoms with E-state index >= 15 is 0 Å². The van der Waals surface area contributed by atoms with Crippen LogP contribution in [0.15, 0.2) is 413 Å². The average Bonchev–Trinajstić information content (AvgIpc) is 1.54. The molecule has 6 nitrogen and oxygen atoms in total. The van der Waals surface area contributed by atoms with Crippen molar-refractivity contribution in [1.29, 1.82) is 0 Å². The van der Waals surface area contributed by atoms with Crippen molar-refractivity contribution in [1.82, 2.24) is 29.9 Å². The van der Waals surface area contributed by atoms with Crippen molar-refractivity contribution in [3.8, 4) is 168 Å². The second kappa shape index (κ2) is 30.5. The summed E-state index contributed by atoms with van der Waals surface area (Å²) in [6.45, 7) is 0. The standard InChI is InChI=1S/C114H68N6S4/c1-4-22-69(23-5-1)76-28-18-29-77(58-76)70-44-48-74(49-45-70)112-116-110(73-26-8-3-9-27-73)118-114(120-112)88-64-85(91-37-20-39-97-93-34-12-17-43-103(93)123-107(91)97)63-86(65-88)92-38-21-40-98-96-55-52-82(68-106(96)124-108(92)98)90-33-11-10-32-89(90)81-31-19-30-78(59-81)71-46-50-75(51-47-71)111-115-109(72-24-6-2-7-25-72)117-113(119-111)87-61-83(79-53-56-104-99(66-79)94-35-13-15-41-101(94)121-104)60-84(62-87)80-54-57-105-100(67-80)95-36-14-16-42-102(95)122-105/h1-68H. The molecule has 0 amide bonds. The zero-order chi connectivity index (χ0) is 81.7. The van der Waals surface area contributed by atoms with Gasteiger partial charge in [-0.05, 0) is 197 Å². The van der Waals surface area contributed by atoms with Crippen LogP contribution in [0.2, 0.25) is 0 Å². The fourth-order valence-electron chi connectivity index (χ4n) is 17.8. The molecule has 0 saturated heterocycles. The first-order valence-electron chi connectivity index (χ1n) is 41.6. The zero-order valence-electron chi connectivity index (χ0n) is 66.6. The molecule has 0 unspecified atom stereocenters. The zero-order valence-corrected chi connectivity index (χ0v) is 69.8. The van der Waals surface area contributed by atoms with Crippen molar-refractivity contribution in [3.05, 3.63) is 413 Å². The maximum absolute atomic E-state index is 5.45. The third kappa shape index (κ3) is 13.3. The number of hydrogen-bond donors (Lipinski definition) is 0. The average molecular weight is 1650 g/mol. The Kier molecular flexibility index (Phi) is 17.9. The normalized spacial score (nSPS) is 11.7. The highest BCUT2D eigenvalue weighted by Crippen LogP contribution is 2.49. The van der Waals surface area contributed by atoms with Crippen LogP contribution in [0.4, 0.5) is 0 Å². The van der Waals surface area contributed by atoms with E-state index in [1.54, 1.807) is 0 Å². The Labute approximate surface area is 731 Å². The lowest BCUT2D eigenvalue weighted by atomic mass is 9.92. The highest BCUT2D eigenvalue weighted by molar-refractivity contribution is 7.27. The molecule has 124 heavy (non-hydrogen) atoms. The Morgan fingerprint density at radius 2 is 0.379 bits per heavy atom. The van der Waals surface area contributed by atoms with E-state index in [2.05, 4.69) is 376 Å². The first-order chi connectivity index (χ1) is 61.3. The molecule has 0 aliphatic heterocycles. The Morgan fingerprint density at radius 3 is 0.855 bits per heavy atom. The van der Waals surface area contributed by atoms with Crippen molar-refractivity contribution < 1.29 is 0 Å². The Morgan fingerprint density at radius 1 is 0.121 bits per heavy atom. The molecule has 0 spiro atoms. The van der Waals surface area contributed by atoms with E-state index in [-0.39, 0.29) is 0 Å². The molecule has 0 bridgehead atoms.